The van der Waals surface area contributed by atoms with Crippen molar-refractivity contribution in [2.75, 3.05) is 26.2 Å². The Morgan fingerprint density at radius 1 is 0.829 bits per heavy atom. The summed E-state index contributed by atoms with van der Waals surface area (Å²) in [6.45, 7) is 2.88. The van der Waals surface area contributed by atoms with Crippen LogP contribution in [0.5, 0.6) is 0 Å². The summed E-state index contributed by atoms with van der Waals surface area (Å²) in [5, 5.41) is 10.6. The Morgan fingerprint density at radius 3 is 2.26 bits per heavy atom. The van der Waals surface area contributed by atoms with Crippen molar-refractivity contribution in [3.05, 3.63) is 83.9 Å². The molecule has 0 spiro atoms. The smallest absolute Gasteiger partial charge is 0.253 e. The van der Waals surface area contributed by atoms with Crippen LogP contribution >= 0.6 is 0 Å². The minimum absolute atomic E-state index is 0.0288. The van der Waals surface area contributed by atoms with Gasteiger partial charge in [0.1, 0.15) is 5.52 Å². The normalized spacial score (nSPS) is 19.3. The molecule has 2 aliphatic heterocycles. The molecule has 0 aliphatic carbocycles. The molecule has 2 atom stereocenters. The molecule has 0 radical (unpaired) electrons. The van der Waals surface area contributed by atoms with E-state index >= 15 is 0 Å². The average molecular weight is 466 g/mol. The number of aromatic nitrogens is 3. The number of hydrogen-bond donors (Lipinski definition) is 1. The molecule has 2 aliphatic rings. The Labute approximate surface area is 203 Å². The lowest BCUT2D eigenvalue weighted by molar-refractivity contribution is -0.130. The zero-order valence-electron chi connectivity index (χ0n) is 19.4. The van der Waals surface area contributed by atoms with Gasteiger partial charge in [-0.1, -0.05) is 59.8 Å². The molecular weight excluding hydrogens is 438 g/mol. The summed E-state index contributed by atoms with van der Waals surface area (Å²) >= 11 is 0. The molecule has 3 aromatic carbocycles. The third-order valence-corrected chi connectivity index (χ3v) is 7.39. The fraction of sp³-hybridized carbons (Fsp3) is 0.286. The molecule has 2 saturated heterocycles. The first-order valence-corrected chi connectivity index (χ1v) is 12.2. The third-order valence-electron chi connectivity index (χ3n) is 7.39. The van der Waals surface area contributed by atoms with Crippen LogP contribution < -0.4 is 0 Å². The van der Waals surface area contributed by atoms with Crippen LogP contribution in [0.1, 0.15) is 22.3 Å². The monoisotopic (exact) mass is 465 g/mol. The van der Waals surface area contributed by atoms with Crippen LogP contribution in [-0.2, 0) is 11.2 Å². The second-order valence-corrected chi connectivity index (χ2v) is 9.64. The number of carbonyl (C=O) groups excluding carboxylic acids is 2. The van der Waals surface area contributed by atoms with Gasteiger partial charge in [-0.3, -0.25) is 14.7 Å². The molecule has 1 aromatic heterocycles. The van der Waals surface area contributed by atoms with Gasteiger partial charge in [-0.05, 0) is 41.3 Å². The molecule has 0 saturated carbocycles. The second kappa shape index (κ2) is 8.98. The highest BCUT2D eigenvalue weighted by Crippen LogP contribution is 2.32. The maximum absolute atomic E-state index is 13.0. The highest BCUT2D eigenvalue weighted by molar-refractivity contribution is 5.97. The van der Waals surface area contributed by atoms with Crippen LogP contribution in [0.4, 0.5) is 0 Å². The van der Waals surface area contributed by atoms with E-state index in [1.54, 1.807) is 6.07 Å². The van der Waals surface area contributed by atoms with Gasteiger partial charge >= 0.3 is 0 Å². The number of fused-ring (bicyclic) bond motifs is 2. The highest BCUT2D eigenvalue weighted by Gasteiger charge is 2.42. The summed E-state index contributed by atoms with van der Waals surface area (Å²) in [5.41, 5.74) is 5.72. The van der Waals surface area contributed by atoms with Gasteiger partial charge in [-0.25, -0.2) is 0 Å². The number of nitrogens with one attached hydrogen (secondary N) is 1. The van der Waals surface area contributed by atoms with Crippen LogP contribution in [0.3, 0.4) is 0 Å². The number of amides is 2. The summed E-state index contributed by atoms with van der Waals surface area (Å²) in [5.74, 6) is 0.940. The maximum atomic E-state index is 13.0. The molecule has 176 valence electrons. The largest absolute Gasteiger partial charge is 0.342 e. The highest BCUT2D eigenvalue weighted by atomic mass is 16.2. The Balaban J connectivity index is 1.01. The van der Waals surface area contributed by atoms with E-state index < -0.39 is 0 Å². The summed E-state index contributed by atoms with van der Waals surface area (Å²) in [7, 11) is 0. The van der Waals surface area contributed by atoms with Crippen LogP contribution in [0, 0.1) is 11.8 Å². The summed E-state index contributed by atoms with van der Waals surface area (Å²) in [6.07, 6.45) is 1.26. The van der Waals surface area contributed by atoms with E-state index in [2.05, 4.69) is 51.8 Å². The summed E-state index contributed by atoms with van der Waals surface area (Å²) < 4.78 is 0. The second-order valence-electron chi connectivity index (χ2n) is 9.64. The molecule has 0 unspecified atom stereocenters. The first kappa shape index (κ1) is 21.5. The Hall–Kier alpha value is -4.00. The SMILES string of the molecule is O=C(CCc1ccc(-c2ccccc2)cc1)N1C[C@H]2CN(C(=O)c3ccc4[nH]nnc4c3)C[C@@H]2C1. The maximum Gasteiger partial charge on any atom is 0.253 e. The van der Waals surface area contributed by atoms with Crippen molar-refractivity contribution < 1.29 is 9.59 Å². The Bertz CT molecular complexity index is 1350. The van der Waals surface area contributed by atoms with E-state index in [1.165, 1.54) is 16.7 Å². The predicted molar refractivity (Wildman–Crippen MR) is 134 cm³/mol. The van der Waals surface area contributed by atoms with E-state index in [0.717, 1.165) is 25.0 Å². The number of aryl methyl sites for hydroxylation is 1. The number of nitrogens with zero attached hydrogens (tertiary/aromatic N) is 4. The van der Waals surface area contributed by atoms with Crippen LogP contribution in [0.15, 0.2) is 72.8 Å². The number of likely N-dealkylation sites (tertiary alicyclic amines) is 2. The van der Waals surface area contributed by atoms with Gasteiger partial charge in [-0.2, -0.15) is 0 Å². The molecule has 3 heterocycles. The molecule has 0 bridgehead atoms. The van der Waals surface area contributed by atoms with Crippen molar-refractivity contribution in [2.45, 2.75) is 12.8 Å². The average Bonchev–Trinajstić information content (AvgIpc) is 3.62. The zero-order chi connectivity index (χ0) is 23.8. The topological polar surface area (TPSA) is 82.2 Å². The third kappa shape index (κ3) is 4.30. The lowest BCUT2D eigenvalue weighted by Gasteiger charge is -2.22. The molecule has 7 nitrogen and oxygen atoms in total. The van der Waals surface area contributed by atoms with Crippen molar-refractivity contribution in [3.63, 3.8) is 0 Å². The van der Waals surface area contributed by atoms with Crippen molar-refractivity contribution in [3.8, 4) is 11.1 Å². The summed E-state index contributed by atoms with van der Waals surface area (Å²) in [4.78, 5) is 29.8. The lowest BCUT2D eigenvalue weighted by atomic mass is 10.0. The first-order valence-electron chi connectivity index (χ1n) is 12.2. The number of carbonyl (C=O) groups is 2. The van der Waals surface area contributed by atoms with Gasteiger partial charge in [0.05, 0.1) is 5.52 Å². The van der Waals surface area contributed by atoms with Crippen LogP contribution in [0.25, 0.3) is 22.2 Å². The van der Waals surface area contributed by atoms with Crippen molar-refractivity contribution in [2.24, 2.45) is 11.8 Å². The number of benzene rings is 3. The van der Waals surface area contributed by atoms with Crippen LogP contribution in [0.2, 0.25) is 0 Å². The van der Waals surface area contributed by atoms with Gasteiger partial charge < -0.3 is 9.80 Å². The number of rotatable bonds is 5. The number of H-pyrrole nitrogens is 1. The number of hydrogen-bond acceptors (Lipinski definition) is 4. The van der Waals surface area contributed by atoms with Gasteiger partial charge in [0, 0.05) is 50.0 Å². The Kier molecular flexibility index (Phi) is 5.52. The Morgan fingerprint density at radius 2 is 1.51 bits per heavy atom. The molecular formula is C28H27N5O2. The quantitative estimate of drug-likeness (QED) is 0.486. The van der Waals surface area contributed by atoms with Crippen LogP contribution in [-0.4, -0.2) is 63.2 Å². The van der Waals surface area contributed by atoms with E-state index in [9.17, 15) is 9.59 Å². The zero-order valence-corrected chi connectivity index (χ0v) is 19.4. The molecule has 2 fully saturated rings. The number of aromatic amines is 1. The van der Waals surface area contributed by atoms with Gasteiger partial charge in [0.25, 0.3) is 5.91 Å². The van der Waals surface area contributed by atoms with Gasteiger partial charge in [-0.15, -0.1) is 5.10 Å². The standard InChI is InChI=1S/C28H27N5O2/c34-27(13-8-19-6-9-21(10-7-19)20-4-2-1-3-5-20)32-15-23-17-33(18-24(23)16-32)28(35)22-11-12-25-26(14-22)30-31-29-25/h1-7,9-12,14,23-24H,8,13,15-18H2,(H,29,30,31)/t23-,24-/m0/s1. The molecule has 4 aromatic rings. The molecule has 35 heavy (non-hydrogen) atoms. The van der Waals surface area contributed by atoms with E-state index in [4.69, 9.17) is 0 Å². The molecule has 6 rings (SSSR count). The molecule has 7 heteroatoms. The van der Waals surface area contributed by atoms with Gasteiger partial charge in [0.15, 0.2) is 0 Å². The summed E-state index contributed by atoms with van der Waals surface area (Å²) in [6, 6.07) is 24.3. The fourth-order valence-electron chi connectivity index (χ4n) is 5.42. The first-order chi connectivity index (χ1) is 17.1. The van der Waals surface area contributed by atoms with E-state index in [1.807, 2.05) is 40.1 Å². The molecule has 2 amide bonds. The van der Waals surface area contributed by atoms with Crippen molar-refractivity contribution >= 4 is 22.8 Å². The minimum atomic E-state index is 0.0288. The fourth-order valence-corrected chi connectivity index (χ4v) is 5.42. The van der Waals surface area contributed by atoms with E-state index in [0.29, 0.717) is 42.4 Å². The van der Waals surface area contributed by atoms with Crippen molar-refractivity contribution in [1.29, 1.82) is 0 Å². The van der Waals surface area contributed by atoms with Crippen molar-refractivity contribution in [1.82, 2.24) is 25.2 Å². The van der Waals surface area contributed by atoms with E-state index in [-0.39, 0.29) is 11.8 Å². The minimum Gasteiger partial charge on any atom is -0.342 e. The lowest BCUT2D eigenvalue weighted by Crippen LogP contribution is -2.35. The predicted octanol–water partition coefficient (Wildman–Crippen LogP) is 3.79. The van der Waals surface area contributed by atoms with Gasteiger partial charge in [0.2, 0.25) is 5.91 Å². The molecule has 1 N–H and O–H groups in total.